The molecule has 2 aliphatic carbocycles. The first-order chi connectivity index (χ1) is 22.2. The van der Waals surface area contributed by atoms with Crippen molar-refractivity contribution in [2.45, 2.75) is 62.2 Å². The van der Waals surface area contributed by atoms with E-state index in [9.17, 15) is 18.8 Å². The van der Waals surface area contributed by atoms with Crippen LogP contribution in [0.25, 0.3) is 22.0 Å². The minimum absolute atomic E-state index is 0.0236. The molecule has 11 heteroatoms. The molecule has 0 spiro atoms. The number of nitrogens with zero attached hydrogens (tertiary/aromatic N) is 6. The van der Waals surface area contributed by atoms with E-state index >= 15 is 4.39 Å². The molecule has 1 saturated carbocycles. The molecule has 238 valence electrons. The largest absolute Gasteiger partial charge is 0.461 e. The second kappa shape index (κ2) is 11.0. The molecule has 4 fully saturated rings. The fourth-order valence-corrected chi connectivity index (χ4v) is 8.57. The summed E-state index contributed by atoms with van der Waals surface area (Å²) >= 11 is 0. The fraction of sp³-hybridized carbons (Fsp3) is 0.486. The van der Waals surface area contributed by atoms with Crippen LogP contribution in [-0.4, -0.2) is 82.8 Å². The Bertz CT molecular complexity index is 1810. The van der Waals surface area contributed by atoms with Gasteiger partial charge in [0.2, 0.25) is 0 Å². The molecular weight excluding hydrogens is 593 g/mol. The first kappa shape index (κ1) is 29.2. The molecule has 0 bridgehead atoms. The smallest absolute Gasteiger partial charge is 0.319 e. The molecule has 0 unspecified atom stereocenters. The van der Waals surface area contributed by atoms with Gasteiger partial charge in [-0.15, -0.1) is 0 Å². The summed E-state index contributed by atoms with van der Waals surface area (Å²) in [6, 6.07) is 10.9. The number of nitriles is 1. The highest BCUT2D eigenvalue weighted by molar-refractivity contribution is 5.94. The van der Waals surface area contributed by atoms with Gasteiger partial charge in [0.25, 0.3) is 5.91 Å². The molecule has 5 atom stereocenters. The third-order valence-corrected chi connectivity index (χ3v) is 10.9. The van der Waals surface area contributed by atoms with Gasteiger partial charge >= 0.3 is 6.01 Å². The van der Waals surface area contributed by atoms with Crippen LogP contribution in [0, 0.1) is 23.1 Å². The van der Waals surface area contributed by atoms with Crippen LogP contribution >= 0.6 is 0 Å². The lowest BCUT2D eigenvalue weighted by Crippen LogP contribution is -2.55. The standard InChI is InChI=1S/C35H35F3N6O2/c1-20(36)33(45)44-11-10-42(18-23(44)6-8-39)32-29-14-30(38)28(25-5-2-4-24-26-12-21(26)13-27(24)25)15-31(29)40-34(41-32)46-19-35-7-3-9-43(35)17-22(37)16-35/h2,4-5,14-15,21-23,26H,1,3,6-7,9-13,16-19H2/t21-,22+,23-,26-,35-/m0/s1. The van der Waals surface area contributed by atoms with Gasteiger partial charge in [0.1, 0.15) is 24.4 Å². The maximum absolute atomic E-state index is 16.1. The minimum atomic E-state index is -1.08. The highest BCUT2D eigenvalue weighted by Gasteiger charge is 2.49. The highest BCUT2D eigenvalue weighted by Crippen LogP contribution is 2.58. The first-order valence-corrected chi connectivity index (χ1v) is 16.2. The number of piperazine rings is 1. The van der Waals surface area contributed by atoms with Crippen molar-refractivity contribution >= 4 is 22.6 Å². The SMILES string of the molecule is C=C(F)C(=O)N1CCN(c2nc(OC[C@@]34CCCN3C[C@H](F)C4)nc3cc(-c4cccc5c4C[C@@H]4C[C@H]54)c(F)cc23)C[C@@H]1CC#N. The van der Waals surface area contributed by atoms with Crippen LogP contribution in [0.4, 0.5) is 19.0 Å². The summed E-state index contributed by atoms with van der Waals surface area (Å²) in [5, 5.41) is 9.98. The molecule has 8 rings (SSSR count). The lowest BCUT2D eigenvalue weighted by atomic mass is 9.93. The number of rotatable bonds is 7. The number of hydrogen-bond acceptors (Lipinski definition) is 7. The number of aromatic nitrogens is 2. The number of anilines is 1. The molecule has 4 heterocycles. The van der Waals surface area contributed by atoms with Gasteiger partial charge in [-0.1, -0.05) is 24.8 Å². The molecule has 0 radical (unpaired) electrons. The normalized spacial score (nSPS) is 28.1. The van der Waals surface area contributed by atoms with Crippen LogP contribution in [0.15, 0.2) is 42.7 Å². The van der Waals surface area contributed by atoms with E-state index in [4.69, 9.17) is 14.7 Å². The zero-order valence-corrected chi connectivity index (χ0v) is 25.5. The first-order valence-electron chi connectivity index (χ1n) is 16.2. The molecule has 3 aliphatic heterocycles. The summed E-state index contributed by atoms with van der Waals surface area (Å²) < 4.78 is 50.7. The van der Waals surface area contributed by atoms with E-state index in [1.165, 1.54) is 28.5 Å². The van der Waals surface area contributed by atoms with Crippen LogP contribution in [0.5, 0.6) is 6.01 Å². The van der Waals surface area contributed by atoms with Gasteiger partial charge in [-0.25, -0.2) is 13.2 Å². The number of alkyl halides is 1. The topological polar surface area (TPSA) is 85.6 Å². The minimum Gasteiger partial charge on any atom is -0.461 e. The van der Waals surface area contributed by atoms with Crippen LogP contribution in [-0.2, 0) is 11.2 Å². The summed E-state index contributed by atoms with van der Waals surface area (Å²) in [5.74, 6) is -0.692. The Hall–Kier alpha value is -4.17. The Balaban J connectivity index is 1.19. The van der Waals surface area contributed by atoms with Crippen molar-refractivity contribution in [3.8, 4) is 23.2 Å². The van der Waals surface area contributed by atoms with E-state index in [1.807, 2.05) is 17.0 Å². The number of fused-ring (bicyclic) bond motifs is 5. The molecule has 1 aromatic heterocycles. The van der Waals surface area contributed by atoms with Gasteiger partial charge < -0.3 is 14.5 Å². The number of ether oxygens (including phenoxy) is 1. The van der Waals surface area contributed by atoms with E-state index in [-0.39, 0.29) is 38.7 Å². The maximum Gasteiger partial charge on any atom is 0.319 e. The molecular formula is C35H35F3N6O2. The Morgan fingerprint density at radius 2 is 2.04 bits per heavy atom. The lowest BCUT2D eigenvalue weighted by Gasteiger charge is -2.41. The number of hydrogen-bond donors (Lipinski definition) is 0. The number of benzene rings is 2. The van der Waals surface area contributed by atoms with Crippen molar-refractivity contribution in [2.75, 3.05) is 44.2 Å². The van der Waals surface area contributed by atoms with Gasteiger partial charge in [-0.3, -0.25) is 9.69 Å². The maximum atomic E-state index is 16.1. The Morgan fingerprint density at radius 3 is 2.87 bits per heavy atom. The molecule has 8 nitrogen and oxygen atoms in total. The molecule has 2 aromatic carbocycles. The molecule has 3 saturated heterocycles. The van der Waals surface area contributed by atoms with Gasteiger partial charge in [-0.05, 0) is 72.9 Å². The summed E-state index contributed by atoms with van der Waals surface area (Å²) in [7, 11) is 0. The van der Waals surface area contributed by atoms with Gasteiger partial charge in [0.05, 0.1) is 29.6 Å². The second-order valence-corrected chi connectivity index (χ2v) is 13.6. The van der Waals surface area contributed by atoms with E-state index < -0.39 is 35.3 Å². The number of carbonyl (C=O) groups is 1. The molecule has 5 aliphatic rings. The van der Waals surface area contributed by atoms with Crippen molar-refractivity contribution < 1.29 is 22.7 Å². The summed E-state index contributed by atoms with van der Waals surface area (Å²) in [6.07, 6.45) is 3.41. The van der Waals surface area contributed by atoms with E-state index in [0.717, 1.165) is 31.4 Å². The van der Waals surface area contributed by atoms with E-state index in [2.05, 4.69) is 23.6 Å². The van der Waals surface area contributed by atoms with Crippen molar-refractivity contribution in [2.24, 2.45) is 5.92 Å². The highest BCUT2D eigenvalue weighted by atomic mass is 19.1. The average Bonchev–Trinajstić information content (AvgIpc) is 3.38. The van der Waals surface area contributed by atoms with Gasteiger partial charge in [0.15, 0.2) is 5.83 Å². The van der Waals surface area contributed by atoms with Crippen molar-refractivity contribution in [3.63, 3.8) is 0 Å². The quantitative estimate of drug-likeness (QED) is 0.321. The Kier molecular flexibility index (Phi) is 6.98. The lowest BCUT2D eigenvalue weighted by molar-refractivity contribution is -0.131. The zero-order valence-electron chi connectivity index (χ0n) is 25.5. The van der Waals surface area contributed by atoms with Crippen molar-refractivity contribution in [1.29, 1.82) is 5.26 Å². The number of halogens is 3. The Morgan fingerprint density at radius 1 is 1.17 bits per heavy atom. The van der Waals surface area contributed by atoms with Crippen molar-refractivity contribution in [1.82, 2.24) is 19.8 Å². The Labute approximate surface area is 265 Å². The number of amides is 1. The summed E-state index contributed by atoms with van der Waals surface area (Å²) in [5.41, 5.74) is 3.95. The van der Waals surface area contributed by atoms with Crippen LogP contribution in [0.2, 0.25) is 0 Å². The third-order valence-electron chi connectivity index (χ3n) is 10.9. The van der Waals surface area contributed by atoms with E-state index in [0.29, 0.717) is 47.1 Å². The van der Waals surface area contributed by atoms with Crippen molar-refractivity contribution in [3.05, 3.63) is 59.7 Å². The van der Waals surface area contributed by atoms with Crippen LogP contribution < -0.4 is 9.64 Å². The monoisotopic (exact) mass is 628 g/mol. The predicted molar refractivity (Wildman–Crippen MR) is 166 cm³/mol. The van der Waals surface area contributed by atoms with Crippen LogP contribution in [0.3, 0.4) is 0 Å². The fourth-order valence-electron chi connectivity index (χ4n) is 8.57. The molecule has 3 aromatic rings. The second-order valence-electron chi connectivity index (χ2n) is 13.6. The third kappa shape index (κ3) is 4.80. The zero-order chi connectivity index (χ0) is 31.7. The van der Waals surface area contributed by atoms with Gasteiger partial charge in [0, 0.05) is 43.5 Å². The molecule has 1 amide bonds. The molecule has 46 heavy (non-hydrogen) atoms. The average molecular weight is 629 g/mol. The van der Waals surface area contributed by atoms with Crippen LogP contribution in [0.1, 0.15) is 49.1 Å². The summed E-state index contributed by atoms with van der Waals surface area (Å²) in [4.78, 5) is 27.4. The summed E-state index contributed by atoms with van der Waals surface area (Å²) in [6.45, 7) is 5.18. The van der Waals surface area contributed by atoms with E-state index in [1.54, 1.807) is 6.07 Å². The molecule has 0 N–H and O–H groups in total. The van der Waals surface area contributed by atoms with Gasteiger partial charge in [-0.2, -0.15) is 15.2 Å². The predicted octanol–water partition coefficient (Wildman–Crippen LogP) is 5.46. The number of carbonyl (C=O) groups excluding carboxylic acids is 1.